The molecule has 0 aliphatic carbocycles. The van der Waals surface area contributed by atoms with E-state index in [-0.39, 0.29) is 11.5 Å². The molecule has 0 unspecified atom stereocenters. The highest BCUT2D eigenvalue weighted by atomic mass is 35.5. The van der Waals surface area contributed by atoms with E-state index in [0.29, 0.717) is 5.02 Å². The zero-order valence-corrected chi connectivity index (χ0v) is 11.8. The average molecular weight is 293 g/mol. The molecular weight excluding hydrogens is 280 g/mol. The third-order valence-corrected chi connectivity index (χ3v) is 3.11. The minimum Gasteiger partial charge on any atom is -0.383 e. The highest BCUT2D eigenvalue weighted by molar-refractivity contribution is 6.30. The van der Waals surface area contributed by atoms with Crippen LogP contribution in [0.15, 0.2) is 38.8 Å². The monoisotopic (exact) mass is 292 g/mol. The molecule has 0 bridgehead atoms. The molecule has 0 atom stereocenters. The van der Waals surface area contributed by atoms with Gasteiger partial charge in [0.15, 0.2) is 5.69 Å². The quantitative estimate of drug-likeness (QED) is 0.841. The van der Waals surface area contributed by atoms with Crippen molar-refractivity contribution >= 4 is 29.3 Å². The van der Waals surface area contributed by atoms with Gasteiger partial charge in [-0.15, -0.1) is 0 Å². The van der Waals surface area contributed by atoms with Crippen molar-refractivity contribution in [2.75, 3.05) is 5.73 Å². The molecule has 1 heterocycles. The Morgan fingerprint density at radius 2 is 1.95 bits per heavy atom. The van der Waals surface area contributed by atoms with Crippen LogP contribution in [-0.2, 0) is 14.1 Å². The Hall–Kier alpha value is -2.34. The molecule has 0 saturated carbocycles. The molecule has 2 aromatic rings. The number of nitrogens with zero attached hydrogens (tertiary/aromatic N) is 3. The number of rotatable bonds is 2. The fourth-order valence-corrected chi connectivity index (χ4v) is 1.89. The summed E-state index contributed by atoms with van der Waals surface area (Å²) in [5.74, 6) is 0.0244. The van der Waals surface area contributed by atoms with Gasteiger partial charge in [0, 0.05) is 25.3 Å². The van der Waals surface area contributed by atoms with Crippen LogP contribution >= 0.6 is 11.6 Å². The summed E-state index contributed by atoms with van der Waals surface area (Å²) in [6.07, 6.45) is 1.48. The van der Waals surface area contributed by atoms with Crippen LogP contribution < -0.4 is 17.0 Å². The minimum absolute atomic E-state index is 0.0228. The Morgan fingerprint density at radius 1 is 1.25 bits per heavy atom. The first-order valence-corrected chi connectivity index (χ1v) is 6.14. The number of aliphatic imine (C=N–C) groups is 1. The van der Waals surface area contributed by atoms with Crippen LogP contribution in [0.3, 0.4) is 0 Å². The van der Waals surface area contributed by atoms with Crippen LogP contribution in [0.4, 0.5) is 11.5 Å². The standard InChI is InChI=1S/C13H13ClN4O2/c1-17-11(15)10(12(19)18(2)13(17)20)16-7-8-4-3-5-9(14)6-8/h3-7H,15H2,1-2H3. The topological polar surface area (TPSA) is 82.4 Å². The maximum atomic E-state index is 12.0. The summed E-state index contributed by atoms with van der Waals surface area (Å²) in [6, 6.07) is 7.00. The summed E-state index contributed by atoms with van der Waals surface area (Å²) in [5.41, 5.74) is 5.48. The zero-order valence-electron chi connectivity index (χ0n) is 11.0. The van der Waals surface area contributed by atoms with Crippen LogP contribution in [0.25, 0.3) is 0 Å². The predicted molar refractivity (Wildman–Crippen MR) is 80.0 cm³/mol. The van der Waals surface area contributed by atoms with Gasteiger partial charge in [0.05, 0.1) is 0 Å². The van der Waals surface area contributed by atoms with Gasteiger partial charge in [0.25, 0.3) is 5.56 Å². The van der Waals surface area contributed by atoms with Crippen molar-refractivity contribution in [1.82, 2.24) is 9.13 Å². The van der Waals surface area contributed by atoms with Gasteiger partial charge in [-0.05, 0) is 17.7 Å². The van der Waals surface area contributed by atoms with E-state index in [1.54, 1.807) is 24.3 Å². The first-order valence-electron chi connectivity index (χ1n) is 5.77. The maximum absolute atomic E-state index is 12.0. The molecule has 20 heavy (non-hydrogen) atoms. The molecule has 1 aromatic carbocycles. The lowest BCUT2D eigenvalue weighted by atomic mass is 10.2. The van der Waals surface area contributed by atoms with Gasteiger partial charge in [0.2, 0.25) is 0 Å². The lowest BCUT2D eigenvalue weighted by molar-refractivity contribution is 0.695. The largest absolute Gasteiger partial charge is 0.383 e. The molecular formula is C13H13ClN4O2. The lowest BCUT2D eigenvalue weighted by Crippen LogP contribution is -2.37. The third-order valence-electron chi connectivity index (χ3n) is 2.88. The average Bonchev–Trinajstić information content (AvgIpc) is 2.43. The molecule has 0 saturated heterocycles. The van der Waals surface area contributed by atoms with E-state index in [9.17, 15) is 9.59 Å². The summed E-state index contributed by atoms with van der Waals surface area (Å²) in [5, 5.41) is 0.565. The van der Waals surface area contributed by atoms with E-state index in [1.165, 1.54) is 24.9 Å². The predicted octanol–water partition coefficient (Wildman–Crippen LogP) is 1.07. The van der Waals surface area contributed by atoms with Crippen molar-refractivity contribution in [1.29, 1.82) is 0 Å². The number of halogens is 1. The molecule has 2 rings (SSSR count). The molecule has 0 amide bonds. The summed E-state index contributed by atoms with van der Waals surface area (Å²) in [6.45, 7) is 0. The van der Waals surface area contributed by atoms with Gasteiger partial charge in [0.1, 0.15) is 5.82 Å². The lowest BCUT2D eigenvalue weighted by Gasteiger charge is -2.07. The number of nitrogen functional groups attached to an aromatic ring is 1. The smallest absolute Gasteiger partial charge is 0.332 e. The summed E-state index contributed by atoms with van der Waals surface area (Å²) >= 11 is 5.86. The van der Waals surface area contributed by atoms with Gasteiger partial charge >= 0.3 is 5.69 Å². The van der Waals surface area contributed by atoms with E-state index in [2.05, 4.69) is 4.99 Å². The van der Waals surface area contributed by atoms with Crippen molar-refractivity contribution in [3.8, 4) is 0 Å². The molecule has 6 nitrogen and oxygen atoms in total. The van der Waals surface area contributed by atoms with Crippen molar-refractivity contribution in [3.05, 3.63) is 55.7 Å². The van der Waals surface area contributed by atoms with Gasteiger partial charge in [-0.1, -0.05) is 23.7 Å². The Kier molecular flexibility index (Phi) is 3.76. The molecule has 0 fully saturated rings. The first kappa shape index (κ1) is 14.1. The van der Waals surface area contributed by atoms with E-state index in [0.717, 1.165) is 10.1 Å². The van der Waals surface area contributed by atoms with Crippen molar-refractivity contribution in [2.24, 2.45) is 19.1 Å². The molecule has 0 spiro atoms. The fourth-order valence-electron chi connectivity index (χ4n) is 1.69. The normalized spacial score (nSPS) is 11.2. The minimum atomic E-state index is -0.538. The number of hydrogen-bond donors (Lipinski definition) is 1. The van der Waals surface area contributed by atoms with E-state index in [1.807, 2.05) is 0 Å². The second-order valence-corrected chi connectivity index (χ2v) is 4.69. The van der Waals surface area contributed by atoms with Crippen molar-refractivity contribution < 1.29 is 0 Å². The number of hydrogen-bond acceptors (Lipinski definition) is 4. The zero-order chi connectivity index (χ0) is 14.9. The van der Waals surface area contributed by atoms with E-state index < -0.39 is 11.2 Å². The highest BCUT2D eigenvalue weighted by Crippen LogP contribution is 2.14. The van der Waals surface area contributed by atoms with E-state index >= 15 is 0 Å². The molecule has 7 heteroatoms. The Balaban J connectivity index is 2.55. The van der Waals surface area contributed by atoms with Gasteiger partial charge in [-0.3, -0.25) is 13.9 Å². The number of nitrogens with two attached hydrogens (primary N) is 1. The Bertz CT molecular complexity index is 805. The first-order chi connectivity index (χ1) is 9.41. The van der Waals surface area contributed by atoms with Gasteiger partial charge in [-0.2, -0.15) is 0 Å². The van der Waals surface area contributed by atoms with E-state index in [4.69, 9.17) is 17.3 Å². The summed E-state index contributed by atoms with van der Waals surface area (Å²) in [7, 11) is 2.86. The fraction of sp³-hybridized carbons (Fsp3) is 0.154. The summed E-state index contributed by atoms with van der Waals surface area (Å²) in [4.78, 5) is 27.7. The summed E-state index contributed by atoms with van der Waals surface area (Å²) < 4.78 is 2.13. The second-order valence-electron chi connectivity index (χ2n) is 4.25. The molecule has 0 radical (unpaired) electrons. The molecule has 0 aliphatic rings. The van der Waals surface area contributed by atoms with Crippen molar-refractivity contribution in [2.45, 2.75) is 0 Å². The number of anilines is 1. The van der Waals surface area contributed by atoms with Gasteiger partial charge < -0.3 is 5.73 Å². The Labute approximate surface area is 119 Å². The second kappa shape index (κ2) is 5.34. The highest BCUT2D eigenvalue weighted by Gasteiger charge is 2.11. The van der Waals surface area contributed by atoms with Crippen LogP contribution in [0, 0.1) is 0 Å². The number of benzene rings is 1. The third kappa shape index (κ3) is 2.50. The van der Waals surface area contributed by atoms with Crippen LogP contribution in [0.1, 0.15) is 5.56 Å². The number of aromatic nitrogens is 2. The molecule has 104 valence electrons. The molecule has 2 N–H and O–H groups in total. The van der Waals surface area contributed by atoms with Crippen LogP contribution in [-0.4, -0.2) is 15.3 Å². The molecule has 1 aromatic heterocycles. The van der Waals surface area contributed by atoms with Gasteiger partial charge in [-0.25, -0.2) is 9.79 Å². The van der Waals surface area contributed by atoms with Crippen LogP contribution in [0.5, 0.6) is 0 Å². The van der Waals surface area contributed by atoms with Crippen LogP contribution in [0.2, 0.25) is 5.02 Å². The van der Waals surface area contributed by atoms with Crippen molar-refractivity contribution in [3.63, 3.8) is 0 Å². The molecule has 0 aliphatic heterocycles. The maximum Gasteiger partial charge on any atom is 0.332 e. The Morgan fingerprint density at radius 3 is 2.60 bits per heavy atom. The SMILES string of the molecule is Cn1c(N)c(N=Cc2cccc(Cl)c2)c(=O)n(C)c1=O.